The second-order valence-corrected chi connectivity index (χ2v) is 5.13. The number of cyclic esters (lactones) is 1. The van der Waals surface area contributed by atoms with Gasteiger partial charge in [0, 0.05) is 5.56 Å². The highest BCUT2D eigenvalue weighted by Crippen LogP contribution is 2.40. The van der Waals surface area contributed by atoms with E-state index in [-0.39, 0.29) is 16.9 Å². The first-order chi connectivity index (χ1) is 12.1. The number of benzene rings is 2. The second-order valence-electron chi connectivity index (χ2n) is 5.13. The van der Waals surface area contributed by atoms with Gasteiger partial charge in [0.05, 0.1) is 19.8 Å². The topological polar surface area (TPSA) is 85.9 Å². The molecule has 7 nitrogen and oxygen atoms in total. The van der Waals surface area contributed by atoms with Crippen LogP contribution >= 0.6 is 0 Å². The summed E-state index contributed by atoms with van der Waals surface area (Å²) in [6.45, 7) is 0. The molecule has 2 aromatic rings. The van der Waals surface area contributed by atoms with Gasteiger partial charge in [0.25, 0.3) is 5.91 Å². The van der Waals surface area contributed by atoms with E-state index >= 15 is 0 Å². The lowest BCUT2D eigenvalue weighted by atomic mass is 10.1. The van der Waals surface area contributed by atoms with Gasteiger partial charge in [0.1, 0.15) is 11.4 Å². The van der Waals surface area contributed by atoms with Gasteiger partial charge < -0.3 is 14.2 Å². The van der Waals surface area contributed by atoms with Gasteiger partial charge in [-0.25, -0.2) is 9.18 Å². The van der Waals surface area contributed by atoms with Gasteiger partial charge in [-0.1, -0.05) is 12.1 Å². The number of hydrogen-bond donors (Lipinski definition) is 2. The van der Waals surface area contributed by atoms with Crippen molar-refractivity contribution in [3.05, 3.63) is 58.9 Å². The number of hydrogen-bond acceptors (Lipinski definition) is 6. The van der Waals surface area contributed by atoms with E-state index in [1.807, 2.05) is 0 Å². The largest absolute Gasteiger partial charge is 0.493 e. The minimum atomic E-state index is -0.932. The highest BCUT2D eigenvalue weighted by atomic mass is 19.1. The maximum atomic E-state index is 13.6. The molecule has 1 aliphatic rings. The Balaban J connectivity index is 1.80. The minimum Gasteiger partial charge on any atom is -0.493 e. The van der Waals surface area contributed by atoms with Gasteiger partial charge in [-0.05, 0) is 24.3 Å². The van der Waals surface area contributed by atoms with Gasteiger partial charge in [-0.2, -0.15) is 5.43 Å². The Kier molecular flexibility index (Phi) is 4.53. The van der Waals surface area contributed by atoms with Crippen molar-refractivity contribution in [3.8, 4) is 11.5 Å². The molecule has 0 fully saturated rings. The summed E-state index contributed by atoms with van der Waals surface area (Å²) in [5.41, 5.74) is 5.45. The average molecular weight is 346 g/mol. The van der Waals surface area contributed by atoms with Crippen LogP contribution in [0.3, 0.4) is 0 Å². The number of fused-ring (bicyclic) bond motifs is 1. The normalized spacial score (nSPS) is 15.3. The first-order valence-electron chi connectivity index (χ1n) is 7.33. The highest BCUT2D eigenvalue weighted by molar-refractivity contribution is 5.98. The molecule has 2 N–H and O–H groups in total. The molecule has 1 unspecified atom stereocenters. The summed E-state index contributed by atoms with van der Waals surface area (Å²) < 4.78 is 29.2. The molecule has 0 bridgehead atoms. The average Bonchev–Trinajstić information content (AvgIpc) is 2.95. The fourth-order valence-electron chi connectivity index (χ4n) is 2.55. The SMILES string of the molecule is COc1ccc2c(c1OC)C(=O)OC2NNC(=O)c1ccccc1F. The molecule has 1 atom stereocenters. The summed E-state index contributed by atoms with van der Waals surface area (Å²) >= 11 is 0. The second kappa shape index (κ2) is 6.78. The highest BCUT2D eigenvalue weighted by Gasteiger charge is 2.36. The monoisotopic (exact) mass is 346 g/mol. The molecule has 8 heteroatoms. The van der Waals surface area contributed by atoms with Crippen LogP contribution in [-0.4, -0.2) is 26.1 Å². The number of amides is 1. The molecule has 25 heavy (non-hydrogen) atoms. The Morgan fingerprint density at radius 2 is 1.92 bits per heavy atom. The summed E-state index contributed by atoms with van der Waals surface area (Å²) in [6.07, 6.45) is -0.932. The molecule has 1 heterocycles. The van der Waals surface area contributed by atoms with Crippen molar-refractivity contribution in [1.29, 1.82) is 0 Å². The number of carbonyl (C=O) groups excluding carboxylic acids is 2. The molecule has 0 radical (unpaired) electrons. The van der Waals surface area contributed by atoms with Crippen LogP contribution in [0, 0.1) is 5.82 Å². The lowest BCUT2D eigenvalue weighted by Gasteiger charge is -2.15. The van der Waals surface area contributed by atoms with Gasteiger partial charge >= 0.3 is 5.97 Å². The van der Waals surface area contributed by atoms with Gasteiger partial charge in [-0.15, -0.1) is 0 Å². The fourth-order valence-corrected chi connectivity index (χ4v) is 2.55. The summed E-state index contributed by atoms with van der Waals surface area (Å²) in [5.74, 6) is -1.34. The van der Waals surface area contributed by atoms with Crippen molar-refractivity contribution >= 4 is 11.9 Å². The van der Waals surface area contributed by atoms with Gasteiger partial charge in [0.15, 0.2) is 17.7 Å². The Morgan fingerprint density at radius 1 is 1.16 bits per heavy atom. The molecule has 0 saturated carbocycles. The zero-order valence-electron chi connectivity index (χ0n) is 13.5. The van der Waals surface area contributed by atoms with E-state index in [0.717, 1.165) is 0 Å². The van der Waals surface area contributed by atoms with Crippen LogP contribution in [-0.2, 0) is 4.74 Å². The number of halogens is 1. The standard InChI is InChI=1S/C17H15FN2O5/c1-23-12-8-7-10-13(14(12)24-2)17(22)25-16(10)20-19-15(21)9-5-3-4-6-11(9)18/h3-8,16,20H,1-2H3,(H,19,21). The van der Waals surface area contributed by atoms with Crippen molar-refractivity contribution in [2.45, 2.75) is 6.23 Å². The van der Waals surface area contributed by atoms with Crippen LogP contribution in [0.2, 0.25) is 0 Å². The number of esters is 1. The molecule has 130 valence electrons. The van der Waals surface area contributed by atoms with Crippen molar-refractivity contribution < 1.29 is 28.2 Å². The molecule has 0 aliphatic carbocycles. The molecule has 0 aromatic heterocycles. The Bertz CT molecular complexity index is 840. The first-order valence-corrected chi connectivity index (χ1v) is 7.33. The Morgan fingerprint density at radius 3 is 2.60 bits per heavy atom. The minimum absolute atomic E-state index is 0.133. The number of ether oxygens (including phenoxy) is 3. The maximum absolute atomic E-state index is 13.6. The number of carbonyl (C=O) groups is 2. The number of rotatable bonds is 5. The summed E-state index contributed by atoms with van der Waals surface area (Å²) in [7, 11) is 2.86. The molecule has 1 aliphatic heterocycles. The maximum Gasteiger partial charge on any atom is 0.344 e. The lowest BCUT2D eigenvalue weighted by Crippen LogP contribution is -2.40. The Hall–Kier alpha value is -3.13. The van der Waals surface area contributed by atoms with Crippen molar-refractivity contribution in [2.75, 3.05) is 14.2 Å². The van der Waals surface area contributed by atoms with Crippen molar-refractivity contribution in [2.24, 2.45) is 0 Å². The van der Waals surface area contributed by atoms with Crippen molar-refractivity contribution in [1.82, 2.24) is 10.9 Å². The molecule has 3 rings (SSSR count). The Labute approximate surface area is 142 Å². The van der Waals surface area contributed by atoms with Crippen LogP contribution in [0.5, 0.6) is 11.5 Å². The van der Waals surface area contributed by atoms with E-state index in [2.05, 4.69) is 10.9 Å². The lowest BCUT2D eigenvalue weighted by molar-refractivity contribution is 0.0259. The van der Waals surface area contributed by atoms with Crippen LogP contribution in [0.1, 0.15) is 32.5 Å². The van der Waals surface area contributed by atoms with Gasteiger partial charge in [0.2, 0.25) is 0 Å². The molecule has 0 saturated heterocycles. The van der Waals surface area contributed by atoms with E-state index in [1.165, 1.54) is 32.4 Å². The van der Waals surface area contributed by atoms with Crippen molar-refractivity contribution in [3.63, 3.8) is 0 Å². The summed E-state index contributed by atoms with van der Waals surface area (Å²) in [5, 5.41) is 0. The summed E-state index contributed by atoms with van der Waals surface area (Å²) in [6, 6.07) is 8.78. The number of nitrogens with one attached hydrogen (secondary N) is 2. The first kappa shape index (κ1) is 16.7. The van der Waals surface area contributed by atoms with Gasteiger partial charge in [-0.3, -0.25) is 10.2 Å². The number of methoxy groups -OCH3 is 2. The van der Waals surface area contributed by atoms with E-state index in [9.17, 15) is 14.0 Å². The third kappa shape index (κ3) is 2.99. The quantitative estimate of drug-likeness (QED) is 0.636. The van der Waals surface area contributed by atoms with Crippen LogP contribution < -0.4 is 20.3 Å². The van der Waals surface area contributed by atoms with Crippen LogP contribution in [0.15, 0.2) is 36.4 Å². The third-order valence-electron chi connectivity index (χ3n) is 3.72. The van der Waals surface area contributed by atoms with E-state index < -0.39 is 23.9 Å². The fraction of sp³-hybridized carbons (Fsp3) is 0.176. The van der Waals surface area contributed by atoms with Crippen LogP contribution in [0.25, 0.3) is 0 Å². The van der Waals surface area contributed by atoms with Crippen LogP contribution in [0.4, 0.5) is 4.39 Å². The predicted molar refractivity (Wildman–Crippen MR) is 84.7 cm³/mol. The van der Waals surface area contributed by atoms with E-state index in [4.69, 9.17) is 14.2 Å². The molecular formula is C17H15FN2O5. The molecule has 1 amide bonds. The van der Waals surface area contributed by atoms with E-state index in [0.29, 0.717) is 11.3 Å². The molecule has 0 spiro atoms. The molecular weight excluding hydrogens is 331 g/mol. The zero-order chi connectivity index (χ0) is 18.0. The third-order valence-corrected chi connectivity index (χ3v) is 3.72. The summed E-state index contributed by atoms with van der Waals surface area (Å²) in [4.78, 5) is 24.2. The van der Waals surface area contributed by atoms with E-state index in [1.54, 1.807) is 18.2 Å². The zero-order valence-corrected chi connectivity index (χ0v) is 13.5. The predicted octanol–water partition coefficient (Wildman–Crippen LogP) is 1.95. The smallest absolute Gasteiger partial charge is 0.344 e. The number of hydrazine groups is 1. The molecule has 2 aromatic carbocycles.